The van der Waals surface area contributed by atoms with Crippen LogP contribution in [0.25, 0.3) is 0 Å². The molecule has 17 heteroatoms. The highest BCUT2D eigenvalue weighted by atomic mass is 32.1. The standard InChI is InChI=1S/C37H57N7O9S/c1-3-4-5-9-18-39-27(22-54)35(50)44-20-11-15-29(44)36(51)43-19-10-14-28(43)33(48)42-31(23(2)45)34(49)40-25(16-17-30(38)46)32(47)41-26(37(52)53)21-24-12-7-6-8-13-24/h6-8,12-13,23,25-29,31,39,45,54H,3-5,9-11,14-22H2,1-2H3,(H2,38,46)(H,40,49)(H,41,47)(H,42,48)(H,52,53)/t23-,25+,26+,27+,28+,29+,31+/m1/s1. The number of nitrogens with zero attached hydrogens (tertiary/aromatic N) is 2. The number of thiol groups is 1. The molecule has 0 aliphatic carbocycles. The second kappa shape index (κ2) is 22.2. The molecule has 0 bridgehead atoms. The first-order valence-corrected chi connectivity index (χ1v) is 19.5. The highest BCUT2D eigenvalue weighted by Gasteiger charge is 2.44. The number of aliphatic hydroxyl groups is 1. The van der Waals surface area contributed by atoms with E-state index in [1.807, 2.05) is 0 Å². The number of benzene rings is 1. The molecule has 2 heterocycles. The van der Waals surface area contributed by atoms with Gasteiger partial charge in [0.25, 0.3) is 0 Å². The monoisotopic (exact) mass is 775 g/mol. The maximum atomic E-state index is 13.9. The lowest BCUT2D eigenvalue weighted by molar-refractivity contribution is -0.147. The Morgan fingerprint density at radius 2 is 1.52 bits per heavy atom. The summed E-state index contributed by atoms with van der Waals surface area (Å²) in [5.74, 6) is -4.99. The zero-order valence-corrected chi connectivity index (χ0v) is 32.1. The zero-order valence-electron chi connectivity index (χ0n) is 31.2. The van der Waals surface area contributed by atoms with E-state index >= 15 is 0 Å². The van der Waals surface area contributed by atoms with Crippen molar-refractivity contribution in [3.63, 3.8) is 0 Å². The van der Waals surface area contributed by atoms with Gasteiger partial charge in [-0.05, 0) is 57.6 Å². The van der Waals surface area contributed by atoms with Crippen LogP contribution in [0.15, 0.2) is 30.3 Å². The third-order valence-electron chi connectivity index (χ3n) is 9.83. The van der Waals surface area contributed by atoms with Crippen molar-refractivity contribution in [3.8, 4) is 0 Å². The molecule has 16 nitrogen and oxygen atoms in total. The summed E-state index contributed by atoms with van der Waals surface area (Å²) < 4.78 is 0. The number of primary amides is 1. The van der Waals surface area contributed by atoms with Crippen LogP contribution in [0.4, 0.5) is 0 Å². The summed E-state index contributed by atoms with van der Waals surface area (Å²) in [6.07, 6.45) is 3.89. The molecule has 54 heavy (non-hydrogen) atoms. The summed E-state index contributed by atoms with van der Waals surface area (Å²) >= 11 is 4.38. The van der Waals surface area contributed by atoms with Gasteiger partial charge in [0.05, 0.1) is 12.1 Å². The van der Waals surface area contributed by atoms with E-state index < -0.39 is 72.0 Å². The van der Waals surface area contributed by atoms with Gasteiger partial charge in [0, 0.05) is 31.7 Å². The van der Waals surface area contributed by atoms with E-state index in [0.29, 0.717) is 37.9 Å². The molecule has 300 valence electrons. The maximum Gasteiger partial charge on any atom is 0.326 e. The number of aliphatic carboxylic acids is 1. The number of hydrogen-bond donors (Lipinski definition) is 8. The van der Waals surface area contributed by atoms with E-state index in [1.165, 1.54) is 11.8 Å². The van der Waals surface area contributed by atoms with Crippen molar-refractivity contribution in [2.24, 2.45) is 5.73 Å². The third kappa shape index (κ3) is 13.0. The Morgan fingerprint density at radius 3 is 2.13 bits per heavy atom. The van der Waals surface area contributed by atoms with Crippen LogP contribution in [-0.4, -0.2) is 129 Å². The molecule has 0 aromatic heterocycles. The van der Waals surface area contributed by atoms with Gasteiger partial charge in [-0.15, -0.1) is 0 Å². The van der Waals surface area contributed by atoms with Gasteiger partial charge in [0.2, 0.25) is 35.4 Å². The highest BCUT2D eigenvalue weighted by Crippen LogP contribution is 2.26. The Balaban J connectivity index is 1.69. The quantitative estimate of drug-likeness (QED) is 0.0573. The van der Waals surface area contributed by atoms with Crippen LogP contribution >= 0.6 is 12.6 Å². The highest BCUT2D eigenvalue weighted by molar-refractivity contribution is 7.80. The number of hydrogen-bond acceptors (Lipinski definition) is 10. The molecule has 2 aliphatic rings. The van der Waals surface area contributed by atoms with Crippen molar-refractivity contribution in [2.75, 3.05) is 25.4 Å². The van der Waals surface area contributed by atoms with Crippen molar-refractivity contribution >= 4 is 54.0 Å². The maximum absolute atomic E-state index is 13.9. The van der Waals surface area contributed by atoms with Gasteiger partial charge in [0.15, 0.2) is 0 Å². The van der Waals surface area contributed by atoms with Crippen LogP contribution < -0.4 is 27.0 Å². The average Bonchev–Trinajstić information content (AvgIpc) is 3.84. The van der Waals surface area contributed by atoms with E-state index in [1.54, 1.807) is 35.2 Å². The Hall–Kier alpha value is -4.22. The largest absolute Gasteiger partial charge is 0.480 e. The second-order valence-electron chi connectivity index (χ2n) is 14.0. The van der Waals surface area contributed by atoms with Crippen LogP contribution in [0, 0.1) is 0 Å². The summed E-state index contributed by atoms with van der Waals surface area (Å²) in [4.78, 5) is 94.6. The van der Waals surface area contributed by atoms with Gasteiger partial charge in [-0.25, -0.2) is 4.79 Å². The molecule has 1 aromatic carbocycles. The molecule has 1 aromatic rings. The fourth-order valence-corrected chi connectivity index (χ4v) is 7.12. The normalized spacial score (nSPS) is 19.6. The summed E-state index contributed by atoms with van der Waals surface area (Å²) in [7, 11) is 0. The smallest absolute Gasteiger partial charge is 0.326 e. The van der Waals surface area contributed by atoms with E-state index in [2.05, 4.69) is 40.8 Å². The van der Waals surface area contributed by atoms with Crippen LogP contribution in [-0.2, 0) is 40.0 Å². The number of aliphatic hydroxyl groups excluding tert-OH is 1. The van der Waals surface area contributed by atoms with Crippen molar-refractivity contribution < 1.29 is 43.8 Å². The molecular formula is C37H57N7O9S. The van der Waals surface area contributed by atoms with Crippen LogP contribution in [0.5, 0.6) is 0 Å². The topological polar surface area (TPSA) is 241 Å². The number of carboxylic acids is 1. The van der Waals surface area contributed by atoms with Crippen LogP contribution in [0.3, 0.4) is 0 Å². The van der Waals surface area contributed by atoms with Crippen LogP contribution in [0.1, 0.15) is 83.6 Å². The number of carbonyl (C=O) groups excluding carboxylic acids is 6. The third-order valence-corrected chi connectivity index (χ3v) is 10.2. The second-order valence-corrected chi connectivity index (χ2v) is 14.4. The Morgan fingerprint density at radius 1 is 0.870 bits per heavy atom. The lowest BCUT2D eigenvalue weighted by atomic mass is 10.0. The predicted octanol–water partition coefficient (Wildman–Crippen LogP) is -0.135. The molecule has 7 atom stereocenters. The molecule has 0 radical (unpaired) electrons. The Bertz CT molecular complexity index is 1450. The minimum atomic E-state index is -1.58. The number of amides is 6. The first kappa shape index (κ1) is 44.2. The summed E-state index contributed by atoms with van der Waals surface area (Å²) in [5, 5.41) is 31.0. The first-order valence-electron chi connectivity index (χ1n) is 18.9. The molecule has 6 amide bonds. The number of rotatable bonds is 22. The number of unbranched alkanes of at least 4 members (excludes halogenated alkanes) is 3. The Labute approximate surface area is 322 Å². The molecule has 2 aliphatic heterocycles. The van der Waals surface area contributed by atoms with Gasteiger partial charge in [-0.1, -0.05) is 56.5 Å². The Kier molecular flexibility index (Phi) is 18.2. The number of nitrogens with two attached hydrogens (primary N) is 1. The van der Waals surface area contributed by atoms with Gasteiger partial charge in [0.1, 0.15) is 30.2 Å². The van der Waals surface area contributed by atoms with Crippen molar-refractivity contribution in [2.45, 2.75) is 127 Å². The fourth-order valence-electron chi connectivity index (χ4n) is 6.83. The van der Waals surface area contributed by atoms with Crippen LogP contribution in [0.2, 0.25) is 0 Å². The summed E-state index contributed by atoms with van der Waals surface area (Å²) in [5.41, 5.74) is 5.93. The number of carbonyl (C=O) groups is 7. The van der Waals surface area contributed by atoms with E-state index in [4.69, 9.17) is 5.73 Å². The van der Waals surface area contributed by atoms with E-state index in [9.17, 15) is 43.8 Å². The van der Waals surface area contributed by atoms with Crippen molar-refractivity contribution in [1.82, 2.24) is 31.1 Å². The zero-order chi connectivity index (χ0) is 39.8. The summed E-state index contributed by atoms with van der Waals surface area (Å²) in [6.45, 7) is 4.70. The molecule has 8 N–H and O–H groups in total. The molecule has 2 saturated heterocycles. The molecule has 0 unspecified atom stereocenters. The number of likely N-dealkylation sites (tertiary alicyclic amines) is 2. The first-order chi connectivity index (χ1) is 25.8. The van der Waals surface area contributed by atoms with E-state index in [-0.39, 0.29) is 49.8 Å². The lowest BCUT2D eigenvalue weighted by Crippen LogP contribution is -2.61. The van der Waals surface area contributed by atoms with Crippen molar-refractivity contribution in [3.05, 3.63) is 35.9 Å². The van der Waals surface area contributed by atoms with E-state index in [0.717, 1.165) is 25.7 Å². The SMILES string of the molecule is CCCCCCN[C@@H](CS)C(=O)N1CCC[C@H]1C(=O)N1CCC[C@H]1C(=O)N[C@H](C(=O)N[C@@H](CCC(N)=O)C(=O)N[C@@H](Cc1ccccc1)C(=O)O)[C@@H](C)O. The molecule has 0 spiro atoms. The van der Waals surface area contributed by atoms with Gasteiger partial charge in [-0.3, -0.25) is 28.8 Å². The summed E-state index contributed by atoms with van der Waals surface area (Å²) in [6, 6.07) is 1.90. The fraction of sp³-hybridized carbons (Fsp3) is 0.649. The molecular weight excluding hydrogens is 719 g/mol. The number of nitrogens with one attached hydrogen (secondary N) is 4. The van der Waals surface area contributed by atoms with Gasteiger partial charge >= 0.3 is 5.97 Å². The minimum Gasteiger partial charge on any atom is -0.480 e. The molecule has 0 saturated carbocycles. The molecule has 3 rings (SSSR count). The average molecular weight is 776 g/mol. The van der Waals surface area contributed by atoms with Gasteiger partial charge < -0.3 is 47.0 Å². The molecule has 2 fully saturated rings. The van der Waals surface area contributed by atoms with Gasteiger partial charge in [-0.2, -0.15) is 12.6 Å². The minimum absolute atomic E-state index is 0.0556. The number of carboxylic acid groups (broad SMARTS) is 1. The lowest BCUT2D eigenvalue weighted by Gasteiger charge is -2.33. The predicted molar refractivity (Wildman–Crippen MR) is 203 cm³/mol. The van der Waals surface area contributed by atoms with Crippen molar-refractivity contribution in [1.29, 1.82) is 0 Å².